The van der Waals surface area contributed by atoms with Crippen LogP contribution in [0.5, 0.6) is 0 Å². The maximum atomic E-state index is 6.27. The lowest BCUT2D eigenvalue weighted by atomic mass is 10.0. The highest BCUT2D eigenvalue weighted by molar-refractivity contribution is 6.11. The lowest BCUT2D eigenvalue weighted by Gasteiger charge is -2.14. The summed E-state index contributed by atoms with van der Waals surface area (Å²) in [6, 6.07) is 49.1. The zero-order valence-corrected chi connectivity index (χ0v) is 24.1. The molecule has 0 spiro atoms. The van der Waals surface area contributed by atoms with Crippen LogP contribution in [0.1, 0.15) is 0 Å². The summed E-state index contributed by atoms with van der Waals surface area (Å²) in [4.78, 5) is 9.93. The fourth-order valence-electron chi connectivity index (χ4n) is 7.06. The second-order valence-corrected chi connectivity index (χ2v) is 11.5. The molecule has 0 unspecified atom stereocenters. The molecule has 0 N–H and O–H groups in total. The van der Waals surface area contributed by atoms with E-state index in [0.29, 0.717) is 11.5 Å². The summed E-state index contributed by atoms with van der Waals surface area (Å²) in [5.74, 6) is 0.624. The SMILES string of the molecule is c1ccc(-n2c3ccccc3c3ccccc32)c(-c2ccc3oc4cnc(-n5c6ccccc6c6ccccc65)nc4c3c2)c1. The molecule has 6 aromatic carbocycles. The van der Waals surface area contributed by atoms with E-state index in [-0.39, 0.29) is 0 Å². The molecule has 0 aliphatic rings. The molecule has 5 heteroatoms. The Morgan fingerprint density at radius 2 is 1.00 bits per heavy atom. The van der Waals surface area contributed by atoms with Gasteiger partial charge < -0.3 is 8.98 Å². The maximum absolute atomic E-state index is 6.27. The third kappa shape index (κ3) is 3.43. The Morgan fingerprint density at radius 1 is 0.467 bits per heavy atom. The molecule has 4 heterocycles. The highest BCUT2D eigenvalue weighted by Gasteiger charge is 2.19. The van der Waals surface area contributed by atoms with Crippen LogP contribution in [0.25, 0.3) is 88.4 Å². The summed E-state index contributed by atoms with van der Waals surface area (Å²) in [7, 11) is 0. The molecule has 10 rings (SSSR count). The van der Waals surface area contributed by atoms with Gasteiger partial charge in [0, 0.05) is 32.5 Å². The van der Waals surface area contributed by atoms with Crippen LogP contribution < -0.4 is 0 Å². The van der Waals surface area contributed by atoms with Gasteiger partial charge in [-0.3, -0.25) is 4.57 Å². The molecule has 5 nitrogen and oxygen atoms in total. The van der Waals surface area contributed by atoms with E-state index in [9.17, 15) is 0 Å². The number of hydrogen-bond acceptors (Lipinski definition) is 3. The van der Waals surface area contributed by atoms with Crippen LogP contribution in [0.3, 0.4) is 0 Å². The Balaban J connectivity index is 1.20. The number of para-hydroxylation sites is 5. The first-order chi connectivity index (χ1) is 22.3. The molecule has 0 aliphatic carbocycles. The van der Waals surface area contributed by atoms with Crippen LogP contribution in [-0.4, -0.2) is 19.1 Å². The van der Waals surface area contributed by atoms with Gasteiger partial charge in [-0.2, -0.15) is 0 Å². The first-order valence-electron chi connectivity index (χ1n) is 15.1. The van der Waals surface area contributed by atoms with Gasteiger partial charge in [-0.25, -0.2) is 9.97 Å². The molecule has 0 amide bonds. The van der Waals surface area contributed by atoms with E-state index < -0.39 is 0 Å². The van der Waals surface area contributed by atoms with E-state index in [1.54, 1.807) is 6.20 Å². The van der Waals surface area contributed by atoms with E-state index in [1.165, 1.54) is 32.6 Å². The molecule has 0 saturated carbocycles. The van der Waals surface area contributed by atoms with E-state index in [4.69, 9.17) is 14.4 Å². The molecule has 45 heavy (non-hydrogen) atoms. The Morgan fingerprint density at radius 3 is 1.62 bits per heavy atom. The van der Waals surface area contributed by atoms with Crippen molar-refractivity contribution in [3.63, 3.8) is 0 Å². The van der Waals surface area contributed by atoms with Gasteiger partial charge >= 0.3 is 0 Å². The number of furan rings is 1. The monoisotopic (exact) mass is 576 g/mol. The minimum atomic E-state index is 0.624. The molecule has 0 saturated heterocycles. The summed E-state index contributed by atoms with van der Waals surface area (Å²) >= 11 is 0. The third-order valence-corrected chi connectivity index (χ3v) is 9.01. The molecule has 0 radical (unpaired) electrons. The Hall–Kier alpha value is -6.20. The minimum absolute atomic E-state index is 0.624. The van der Waals surface area contributed by atoms with Crippen molar-refractivity contribution in [2.45, 2.75) is 0 Å². The normalized spacial score (nSPS) is 12.0. The summed E-state index contributed by atoms with van der Waals surface area (Å²) in [5, 5.41) is 5.81. The molecule has 4 aromatic heterocycles. The summed E-state index contributed by atoms with van der Waals surface area (Å²) in [6.45, 7) is 0. The summed E-state index contributed by atoms with van der Waals surface area (Å²) in [5.41, 5.74) is 10.1. The van der Waals surface area contributed by atoms with Gasteiger partial charge in [-0.15, -0.1) is 0 Å². The van der Waals surface area contributed by atoms with Gasteiger partial charge in [0.2, 0.25) is 5.95 Å². The molecule has 0 fully saturated rings. The minimum Gasteiger partial charge on any atom is -0.453 e. The zero-order chi connectivity index (χ0) is 29.5. The van der Waals surface area contributed by atoms with Crippen molar-refractivity contribution >= 4 is 65.7 Å². The van der Waals surface area contributed by atoms with Crippen molar-refractivity contribution in [1.29, 1.82) is 0 Å². The van der Waals surface area contributed by atoms with Crippen molar-refractivity contribution in [3.8, 4) is 22.8 Å². The van der Waals surface area contributed by atoms with E-state index in [1.807, 2.05) is 0 Å². The van der Waals surface area contributed by atoms with E-state index in [0.717, 1.165) is 44.3 Å². The molecular weight excluding hydrogens is 552 g/mol. The van der Waals surface area contributed by atoms with Crippen molar-refractivity contribution in [2.24, 2.45) is 0 Å². The van der Waals surface area contributed by atoms with Gasteiger partial charge in [-0.05, 0) is 48.0 Å². The van der Waals surface area contributed by atoms with Gasteiger partial charge in [0.1, 0.15) is 11.1 Å². The highest BCUT2D eigenvalue weighted by Crippen LogP contribution is 2.38. The summed E-state index contributed by atoms with van der Waals surface area (Å²) < 4.78 is 10.8. The average Bonchev–Trinajstić information content (AvgIpc) is 3.75. The van der Waals surface area contributed by atoms with Crippen molar-refractivity contribution in [2.75, 3.05) is 0 Å². The number of hydrogen-bond donors (Lipinski definition) is 0. The van der Waals surface area contributed by atoms with Crippen LogP contribution in [0.4, 0.5) is 0 Å². The van der Waals surface area contributed by atoms with Crippen LogP contribution in [0, 0.1) is 0 Å². The summed E-state index contributed by atoms with van der Waals surface area (Å²) in [6.07, 6.45) is 1.80. The number of fused-ring (bicyclic) bond motifs is 9. The van der Waals surface area contributed by atoms with Crippen LogP contribution >= 0.6 is 0 Å². The van der Waals surface area contributed by atoms with E-state index >= 15 is 0 Å². The first-order valence-corrected chi connectivity index (χ1v) is 15.1. The molecular formula is C40H24N4O. The Labute approximate surface area is 257 Å². The second-order valence-electron chi connectivity index (χ2n) is 11.5. The standard InChI is InChI=1S/C40H24N4O/c1-6-16-32(43-33-17-7-2-12-27(33)28-13-3-8-18-34(28)43)26(11-1)25-21-22-37-31(23-25)39-38(45-37)24-41-40(42-39)44-35-19-9-4-14-29(35)30-15-5-10-20-36(30)44/h1-24H. The Kier molecular flexibility index (Phi) is 4.93. The molecule has 0 bridgehead atoms. The van der Waals surface area contributed by atoms with Crippen molar-refractivity contribution in [3.05, 3.63) is 146 Å². The number of benzene rings is 6. The first kappa shape index (κ1) is 24.3. The smallest absolute Gasteiger partial charge is 0.235 e. The van der Waals surface area contributed by atoms with Gasteiger partial charge in [0.15, 0.2) is 5.58 Å². The van der Waals surface area contributed by atoms with Crippen LogP contribution in [0.2, 0.25) is 0 Å². The quantitative estimate of drug-likeness (QED) is 0.210. The van der Waals surface area contributed by atoms with Crippen LogP contribution in [0.15, 0.2) is 150 Å². The number of aromatic nitrogens is 4. The topological polar surface area (TPSA) is 48.8 Å². The number of rotatable bonds is 3. The predicted octanol–water partition coefficient (Wildman–Crippen LogP) is 10.2. The molecule has 10 aromatic rings. The van der Waals surface area contributed by atoms with Gasteiger partial charge in [-0.1, -0.05) is 97.1 Å². The van der Waals surface area contributed by atoms with E-state index in [2.05, 4.69) is 149 Å². The van der Waals surface area contributed by atoms with Crippen molar-refractivity contribution < 1.29 is 4.42 Å². The average molecular weight is 577 g/mol. The van der Waals surface area contributed by atoms with Crippen LogP contribution in [-0.2, 0) is 0 Å². The Bertz CT molecular complexity index is 2670. The molecule has 210 valence electrons. The van der Waals surface area contributed by atoms with Gasteiger partial charge in [0.05, 0.1) is 34.0 Å². The lowest BCUT2D eigenvalue weighted by molar-refractivity contribution is 0.665. The number of nitrogens with zero attached hydrogens (tertiary/aromatic N) is 4. The fraction of sp³-hybridized carbons (Fsp3) is 0. The predicted molar refractivity (Wildman–Crippen MR) is 183 cm³/mol. The largest absolute Gasteiger partial charge is 0.453 e. The second kappa shape index (κ2) is 9.15. The molecule has 0 atom stereocenters. The lowest BCUT2D eigenvalue weighted by Crippen LogP contribution is -2.00. The highest BCUT2D eigenvalue weighted by atomic mass is 16.3. The van der Waals surface area contributed by atoms with Crippen molar-refractivity contribution in [1.82, 2.24) is 19.1 Å². The van der Waals surface area contributed by atoms with Gasteiger partial charge in [0.25, 0.3) is 0 Å². The maximum Gasteiger partial charge on any atom is 0.235 e. The zero-order valence-electron chi connectivity index (χ0n) is 24.1. The molecule has 0 aliphatic heterocycles. The third-order valence-electron chi connectivity index (χ3n) is 9.01. The fourth-order valence-corrected chi connectivity index (χ4v) is 7.06.